The molecule has 0 heterocycles. The van der Waals surface area contributed by atoms with Crippen LogP contribution >= 0.6 is 0 Å². The standard InChI is InChI=1S/C72H134O6/c1-4-7-10-13-16-19-22-25-27-28-29-30-31-32-33-34-35-36-37-38-39-40-41-42-43-45-47-50-53-56-59-62-65-71(74)77-68-69(67-76-70(73)64-61-58-55-52-49-46-24-21-18-15-12-9-6-3)78-72(75)66-63-60-57-54-51-48-44-26-23-20-17-14-11-8-5-2/h9,12,18,21,46,49,69H,4-8,10-11,13-17,19-20,22-45,47-48,50-68H2,1-3H3/b12-9-,21-18-,49-46-. The first-order valence-corrected chi connectivity index (χ1v) is 35.0. The molecule has 0 aliphatic rings. The third-order valence-electron chi connectivity index (χ3n) is 15.9. The minimum absolute atomic E-state index is 0.0761. The van der Waals surface area contributed by atoms with Crippen LogP contribution in [0, 0.1) is 0 Å². The molecule has 6 nitrogen and oxygen atoms in total. The highest BCUT2D eigenvalue weighted by molar-refractivity contribution is 5.71. The lowest BCUT2D eigenvalue weighted by atomic mass is 10.0. The van der Waals surface area contributed by atoms with Gasteiger partial charge in [-0.25, -0.2) is 0 Å². The van der Waals surface area contributed by atoms with E-state index < -0.39 is 6.10 Å². The first-order valence-electron chi connectivity index (χ1n) is 35.0. The number of esters is 3. The Morgan fingerprint density at radius 3 is 0.782 bits per heavy atom. The molecule has 78 heavy (non-hydrogen) atoms. The third-order valence-corrected chi connectivity index (χ3v) is 15.9. The highest BCUT2D eigenvalue weighted by Gasteiger charge is 2.19. The van der Waals surface area contributed by atoms with Crippen molar-refractivity contribution in [1.82, 2.24) is 0 Å². The van der Waals surface area contributed by atoms with Crippen LogP contribution in [0.4, 0.5) is 0 Å². The SMILES string of the molecule is CC/C=C\C/C=C\C/C=C\CCCCCC(=O)OCC(COC(=O)CCCCCCCCCCCCCCCCCCCCCCCCCCCCCCCCCC)OC(=O)CCCCCCCCCCCCCCCCC. The second-order valence-electron chi connectivity index (χ2n) is 23.8. The number of hydrogen-bond acceptors (Lipinski definition) is 6. The second kappa shape index (κ2) is 67.1. The second-order valence-corrected chi connectivity index (χ2v) is 23.8. The number of hydrogen-bond donors (Lipinski definition) is 0. The molecule has 0 saturated carbocycles. The normalized spacial score (nSPS) is 12.2. The Morgan fingerprint density at radius 2 is 0.500 bits per heavy atom. The van der Waals surface area contributed by atoms with E-state index in [1.807, 2.05) is 0 Å². The topological polar surface area (TPSA) is 78.9 Å². The maximum atomic E-state index is 12.9. The molecule has 0 fully saturated rings. The molecule has 0 spiro atoms. The number of rotatable bonds is 65. The molecule has 0 amide bonds. The summed E-state index contributed by atoms with van der Waals surface area (Å²) >= 11 is 0. The number of carbonyl (C=O) groups excluding carboxylic acids is 3. The molecule has 0 aliphatic carbocycles. The molecule has 1 atom stereocenters. The Balaban J connectivity index is 4.09. The third kappa shape index (κ3) is 64.5. The maximum absolute atomic E-state index is 12.9. The lowest BCUT2D eigenvalue weighted by molar-refractivity contribution is -0.167. The van der Waals surface area contributed by atoms with Crippen LogP contribution in [-0.2, 0) is 28.6 Å². The van der Waals surface area contributed by atoms with Crippen molar-refractivity contribution in [1.29, 1.82) is 0 Å². The van der Waals surface area contributed by atoms with Crippen molar-refractivity contribution in [3.8, 4) is 0 Å². The molecule has 0 aromatic carbocycles. The van der Waals surface area contributed by atoms with Gasteiger partial charge < -0.3 is 14.2 Å². The summed E-state index contributed by atoms with van der Waals surface area (Å²) in [4.78, 5) is 38.3. The number of allylic oxidation sites excluding steroid dienone is 6. The van der Waals surface area contributed by atoms with Gasteiger partial charge in [0, 0.05) is 19.3 Å². The smallest absolute Gasteiger partial charge is 0.306 e. The first kappa shape index (κ1) is 75.6. The largest absolute Gasteiger partial charge is 0.462 e. The average Bonchev–Trinajstić information content (AvgIpc) is 3.44. The first-order chi connectivity index (χ1) is 38.5. The summed E-state index contributed by atoms with van der Waals surface area (Å²) < 4.78 is 16.9. The zero-order valence-corrected chi connectivity index (χ0v) is 52.7. The van der Waals surface area contributed by atoms with Gasteiger partial charge in [-0.3, -0.25) is 14.4 Å². The lowest BCUT2D eigenvalue weighted by Crippen LogP contribution is -2.30. The number of ether oxygens (including phenoxy) is 3. The number of carbonyl (C=O) groups is 3. The van der Waals surface area contributed by atoms with Crippen molar-refractivity contribution < 1.29 is 28.6 Å². The van der Waals surface area contributed by atoms with E-state index >= 15 is 0 Å². The molecule has 458 valence electrons. The van der Waals surface area contributed by atoms with Crippen molar-refractivity contribution in [2.75, 3.05) is 13.2 Å². The molecule has 0 radical (unpaired) electrons. The fourth-order valence-corrected chi connectivity index (χ4v) is 10.7. The van der Waals surface area contributed by atoms with E-state index in [0.29, 0.717) is 19.3 Å². The van der Waals surface area contributed by atoms with E-state index in [9.17, 15) is 14.4 Å². The average molecular weight is 1100 g/mol. The van der Waals surface area contributed by atoms with Gasteiger partial charge in [0.25, 0.3) is 0 Å². The molecular formula is C72H134O6. The fourth-order valence-electron chi connectivity index (χ4n) is 10.7. The van der Waals surface area contributed by atoms with E-state index in [1.54, 1.807) is 0 Å². The molecule has 0 aliphatic heterocycles. The Labute approximate surface area is 486 Å². The van der Waals surface area contributed by atoms with E-state index in [4.69, 9.17) is 14.2 Å². The van der Waals surface area contributed by atoms with Gasteiger partial charge in [0.15, 0.2) is 6.10 Å². The predicted octanol–water partition coefficient (Wildman–Crippen LogP) is 23.9. The quantitative estimate of drug-likeness (QED) is 0.0261. The van der Waals surface area contributed by atoms with Crippen molar-refractivity contribution in [2.24, 2.45) is 0 Å². The van der Waals surface area contributed by atoms with E-state index in [2.05, 4.69) is 57.2 Å². The Hall–Kier alpha value is -2.37. The fraction of sp³-hybridized carbons (Fsp3) is 0.875. The molecule has 0 N–H and O–H groups in total. The summed E-state index contributed by atoms with van der Waals surface area (Å²) in [6.45, 7) is 6.57. The van der Waals surface area contributed by atoms with Gasteiger partial charge in [-0.05, 0) is 51.4 Å². The highest BCUT2D eigenvalue weighted by Crippen LogP contribution is 2.19. The van der Waals surface area contributed by atoms with E-state index in [0.717, 1.165) is 83.5 Å². The van der Waals surface area contributed by atoms with Crippen LogP contribution < -0.4 is 0 Å². The van der Waals surface area contributed by atoms with Crippen LogP contribution in [0.5, 0.6) is 0 Å². The molecule has 0 saturated heterocycles. The minimum atomic E-state index is -0.781. The predicted molar refractivity (Wildman–Crippen MR) is 339 cm³/mol. The Bertz CT molecular complexity index is 1300. The summed E-state index contributed by atoms with van der Waals surface area (Å²) in [5, 5.41) is 0. The van der Waals surface area contributed by atoms with Crippen molar-refractivity contribution in [3.05, 3.63) is 36.5 Å². The van der Waals surface area contributed by atoms with E-state index in [1.165, 1.54) is 263 Å². The summed E-state index contributed by atoms with van der Waals surface area (Å²) in [5.41, 5.74) is 0. The molecule has 6 heteroatoms. The molecule has 1 unspecified atom stereocenters. The molecule has 0 rings (SSSR count). The van der Waals surface area contributed by atoms with Gasteiger partial charge in [0.2, 0.25) is 0 Å². The van der Waals surface area contributed by atoms with Gasteiger partial charge in [0.1, 0.15) is 13.2 Å². The van der Waals surface area contributed by atoms with Gasteiger partial charge in [-0.1, -0.05) is 353 Å². The minimum Gasteiger partial charge on any atom is -0.462 e. The van der Waals surface area contributed by atoms with Crippen molar-refractivity contribution in [2.45, 2.75) is 393 Å². The van der Waals surface area contributed by atoms with Crippen LogP contribution in [0.2, 0.25) is 0 Å². The van der Waals surface area contributed by atoms with Crippen molar-refractivity contribution >= 4 is 17.9 Å². The van der Waals surface area contributed by atoms with E-state index in [-0.39, 0.29) is 31.1 Å². The van der Waals surface area contributed by atoms with Gasteiger partial charge >= 0.3 is 17.9 Å². The Kier molecular flexibility index (Phi) is 65.1. The summed E-state index contributed by atoms with van der Waals surface area (Å²) in [6, 6.07) is 0. The zero-order chi connectivity index (χ0) is 56.4. The molecule has 0 bridgehead atoms. The van der Waals surface area contributed by atoms with Crippen LogP contribution in [0.1, 0.15) is 387 Å². The van der Waals surface area contributed by atoms with Gasteiger partial charge in [-0.15, -0.1) is 0 Å². The molecule has 0 aromatic rings. The van der Waals surface area contributed by atoms with Crippen LogP contribution in [0.3, 0.4) is 0 Å². The van der Waals surface area contributed by atoms with Crippen LogP contribution in [0.15, 0.2) is 36.5 Å². The molecular weight excluding hydrogens is 961 g/mol. The van der Waals surface area contributed by atoms with Crippen LogP contribution in [0.25, 0.3) is 0 Å². The Morgan fingerprint density at radius 1 is 0.269 bits per heavy atom. The summed E-state index contributed by atoms with van der Waals surface area (Å²) in [6.07, 6.45) is 83.4. The summed E-state index contributed by atoms with van der Waals surface area (Å²) in [7, 11) is 0. The monoisotopic (exact) mass is 1100 g/mol. The van der Waals surface area contributed by atoms with Gasteiger partial charge in [0.05, 0.1) is 0 Å². The van der Waals surface area contributed by atoms with Crippen LogP contribution in [-0.4, -0.2) is 37.2 Å². The maximum Gasteiger partial charge on any atom is 0.306 e. The summed E-state index contributed by atoms with van der Waals surface area (Å²) in [5.74, 6) is -0.881. The zero-order valence-electron chi connectivity index (χ0n) is 52.7. The highest BCUT2D eigenvalue weighted by atomic mass is 16.6. The van der Waals surface area contributed by atoms with Crippen molar-refractivity contribution in [3.63, 3.8) is 0 Å². The number of unbranched alkanes of at least 4 members (excludes halogenated alkanes) is 48. The lowest BCUT2D eigenvalue weighted by Gasteiger charge is -2.18. The van der Waals surface area contributed by atoms with Gasteiger partial charge in [-0.2, -0.15) is 0 Å². The molecule has 0 aromatic heterocycles.